The average Bonchev–Trinajstić information content (AvgIpc) is 3.34. The van der Waals surface area contributed by atoms with E-state index in [1.807, 2.05) is 42.5 Å². The Kier molecular flexibility index (Phi) is 6.84. The highest BCUT2D eigenvalue weighted by atomic mass is 16.7. The fraction of sp³-hybridized carbons (Fsp3) is 0.259. The van der Waals surface area contributed by atoms with Gasteiger partial charge in [0.15, 0.2) is 11.5 Å². The third-order valence-corrected chi connectivity index (χ3v) is 6.11. The molecule has 0 spiro atoms. The van der Waals surface area contributed by atoms with Crippen molar-refractivity contribution >= 4 is 12.1 Å². The molecule has 7 nitrogen and oxygen atoms in total. The van der Waals surface area contributed by atoms with Crippen LogP contribution >= 0.6 is 0 Å². The highest BCUT2D eigenvalue weighted by Gasteiger charge is 2.17. The van der Waals surface area contributed by atoms with Gasteiger partial charge in [-0.15, -0.1) is 0 Å². The number of ether oxygens (including phenoxy) is 2. The second-order valence-corrected chi connectivity index (χ2v) is 8.55. The van der Waals surface area contributed by atoms with E-state index in [1.165, 1.54) is 11.1 Å². The van der Waals surface area contributed by atoms with Crippen LogP contribution in [0.25, 0.3) is 0 Å². The van der Waals surface area contributed by atoms with Crippen molar-refractivity contribution < 1.29 is 14.3 Å². The maximum Gasteiger partial charge on any atom is 0.271 e. The molecule has 1 saturated heterocycles. The molecule has 0 aliphatic carbocycles. The molecule has 0 aromatic heterocycles. The predicted molar refractivity (Wildman–Crippen MR) is 131 cm³/mol. The van der Waals surface area contributed by atoms with Gasteiger partial charge in [0.05, 0.1) is 6.21 Å². The number of amides is 1. The van der Waals surface area contributed by atoms with E-state index in [9.17, 15) is 4.79 Å². The van der Waals surface area contributed by atoms with Gasteiger partial charge in [-0.25, -0.2) is 5.43 Å². The van der Waals surface area contributed by atoms with E-state index in [0.717, 1.165) is 50.6 Å². The van der Waals surface area contributed by atoms with Gasteiger partial charge in [-0.1, -0.05) is 42.5 Å². The lowest BCUT2D eigenvalue weighted by molar-refractivity contribution is 0.0955. The van der Waals surface area contributed by atoms with Crippen LogP contribution < -0.4 is 14.9 Å². The summed E-state index contributed by atoms with van der Waals surface area (Å²) in [6.07, 6.45) is 1.59. The molecular formula is C27H28N4O3. The summed E-state index contributed by atoms with van der Waals surface area (Å²) in [5.74, 6) is 1.16. The van der Waals surface area contributed by atoms with E-state index >= 15 is 0 Å². The number of carbonyl (C=O) groups excluding carboxylic acids is 1. The Labute approximate surface area is 199 Å². The normalized spacial score (nSPS) is 16.1. The fourth-order valence-corrected chi connectivity index (χ4v) is 4.19. The predicted octanol–water partition coefficient (Wildman–Crippen LogP) is 3.50. The Morgan fingerprint density at radius 2 is 1.47 bits per heavy atom. The molecule has 5 rings (SSSR count). The summed E-state index contributed by atoms with van der Waals surface area (Å²) in [5, 5.41) is 4.06. The molecule has 0 unspecified atom stereocenters. The lowest BCUT2D eigenvalue weighted by atomic mass is 10.1. The van der Waals surface area contributed by atoms with Gasteiger partial charge in [0, 0.05) is 44.8 Å². The summed E-state index contributed by atoms with van der Waals surface area (Å²) < 4.78 is 10.7. The van der Waals surface area contributed by atoms with Crippen LogP contribution in [0.3, 0.4) is 0 Å². The number of fused-ring (bicyclic) bond motifs is 1. The molecule has 0 atom stereocenters. The first-order valence-electron chi connectivity index (χ1n) is 11.5. The molecule has 7 heteroatoms. The molecule has 1 amide bonds. The standard InChI is InChI=1S/C27H28N4O3/c32-27(29-28-17-23-8-11-25-26(16-23)34-20-33-25)24-9-6-22(7-10-24)19-31-14-12-30(13-15-31)18-21-4-2-1-3-5-21/h1-11,16-17H,12-15,18-20H2,(H,29,32)/b28-17+. The zero-order valence-corrected chi connectivity index (χ0v) is 19.0. The number of nitrogens with one attached hydrogen (secondary N) is 1. The number of nitrogens with zero attached hydrogens (tertiary/aromatic N) is 3. The molecule has 0 saturated carbocycles. The molecule has 3 aromatic carbocycles. The van der Waals surface area contributed by atoms with Crippen molar-refractivity contribution in [3.63, 3.8) is 0 Å². The summed E-state index contributed by atoms with van der Waals surface area (Å²) in [4.78, 5) is 17.4. The Hall–Kier alpha value is -3.68. The van der Waals surface area contributed by atoms with E-state index in [-0.39, 0.29) is 12.7 Å². The fourth-order valence-electron chi connectivity index (χ4n) is 4.19. The molecule has 2 aliphatic heterocycles. The van der Waals surface area contributed by atoms with Crippen molar-refractivity contribution in [1.29, 1.82) is 0 Å². The van der Waals surface area contributed by atoms with E-state index in [0.29, 0.717) is 11.3 Å². The Balaban J connectivity index is 1.08. The maximum atomic E-state index is 12.4. The quantitative estimate of drug-likeness (QED) is 0.436. The Morgan fingerprint density at radius 1 is 0.824 bits per heavy atom. The second kappa shape index (κ2) is 10.5. The first-order valence-corrected chi connectivity index (χ1v) is 11.5. The number of hydrazone groups is 1. The molecule has 1 N–H and O–H groups in total. The number of benzene rings is 3. The molecule has 2 heterocycles. The summed E-state index contributed by atoms with van der Waals surface area (Å²) in [7, 11) is 0. The van der Waals surface area contributed by atoms with Crippen LogP contribution in [0.5, 0.6) is 11.5 Å². The van der Waals surface area contributed by atoms with Crippen molar-refractivity contribution in [2.24, 2.45) is 5.10 Å². The van der Waals surface area contributed by atoms with Gasteiger partial charge in [0.1, 0.15) is 0 Å². The summed E-state index contributed by atoms with van der Waals surface area (Å²) >= 11 is 0. The zero-order chi connectivity index (χ0) is 23.2. The van der Waals surface area contributed by atoms with Crippen LogP contribution in [0.2, 0.25) is 0 Å². The van der Waals surface area contributed by atoms with Crippen LogP contribution in [-0.4, -0.2) is 54.9 Å². The molecule has 1 fully saturated rings. The van der Waals surface area contributed by atoms with Crippen LogP contribution in [0, 0.1) is 0 Å². The lowest BCUT2D eigenvalue weighted by Crippen LogP contribution is -2.45. The third kappa shape index (κ3) is 5.62. The van der Waals surface area contributed by atoms with Gasteiger partial charge in [0.2, 0.25) is 6.79 Å². The Bertz CT molecular complexity index is 1140. The summed E-state index contributed by atoms with van der Waals surface area (Å²) in [5.41, 5.74) is 6.56. The van der Waals surface area contributed by atoms with Gasteiger partial charge in [-0.3, -0.25) is 14.6 Å². The van der Waals surface area contributed by atoms with Crippen molar-refractivity contribution in [3.05, 3.63) is 95.1 Å². The molecule has 34 heavy (non-hydrogen) atoms. The zero-order valence-electron chi connectivity index (χ0n) is 19.0. The highest BCUT2D eigenvalue weighted by molar-refractivity contribution is 5.95. The van der Waals surface area contributed by atoms with E-state index in [2.05, 4.69) is 50.7 Å². The average molecular weight is 457 g/mol. The molecule has 3 aromatic rings. The smallest absolute Gasteiger partial charge is 0.271 e. The highest BCUT2D eigenvalue weighted by Crippen LogP contribution is 2.31. The van der Waals surface area contributed by atoms with Gasteiger partial charge < -0.3 is 9.47 Å². The molecule has 2 aliphatic rings. The minimum atomic E-state index is -0.238. The van der Waals surface area contributed by atoms with Crippen LogP contribution in [0.15, 0.2) is 77.9 Å². The van der Waals surface area contributed by atoms with Crippen molar-refractivity contribution in [2.45, 2.75) is 13.1 Å². The molecule has 0 radical (unpaired) electrons. The van der Waals surface area contributed by atoms with Crippen molar-refractivity contribution in [3.8, 4) is 11.5 Å². The minimum absolute atomic E-state index is 0.229. The van der Waals surface area contributed by atoms with Crippen LogP contribution in [-0.2, 0) is 13.1 Å². The van der Waals surface area contributed by atoms with Gasteiger partial charge in [-0.2, -0.15) is 5.10 Å². The number of rotatable bonds is 7. The molecule has 0 bridgehead atoms. The lowest BCUT2D eigenvalue weighted by Gasteiger charge is -2.34. The summed E-state index contributed by atoms with van der Waals surface area (Å²) in [6.45, 7) is 6.35. The van der Waals surface area contributed by atoms with Crippen molar-refractivity contribution in [2.75, 3.05) is 33.0 Å². The maximum absolute atomic E-state index is 12.4. The van der Waals surface area contributed by atoms with Gasteiger partial charge in [0.25, 0.3) is 5.91 Å². The molecule has 174 valence electrons. The van der Waals surface area contributed by atoms with Gasteiger partial charge >= 0.3 is 0 Å². The summed E-state index contributed by atoms with van der Waals surface area (Å²) in [6, 6.07) is 23.9. The third-order valence-electron chi connectivity index (χ3n) is 6.11. The van der Waals surface area contributed by atoms with Crippen molar-refractivity contribution in [1.82, 2.24) is 15.2 Å². The van der Waals surface area contributed by atoms with E-state index < -0.39 is 0 Å². The number of piperazine rings is 1. The van der Waals surface area contributed by atoms with Crippen LogP contribution in [0.4, 0.5) is 0 Å². The number of carbonyl (C=O) groups is 1. The van der Waals surface area contributed by atoms with E-state index in [1.54, 1.807) is 6.21 Å². The molecular weight excluding hydrogens is 428 g/mol. The van der Waals surface area contributed by atoms with Gasteiger partial charge in [-0.05, 0) is 47.0 Å². The minimum Gasteiger partial charge on any atom is -0.454 e. The second-order valence-electron chi connectivity index (χ2n) is 8.55. The monoisotopic (exact) mass is 456 g/mol. The van der Waals surface area contributed by atoms with E-state index in [4.69, 9.17) is 9.47 Å². The Morgan fingerprint density at radius 3 is 2.18 bits per heavy atom. The largest absolute Gasteiger partial charge is 0.454 e. The SMILES string of the molecule is O=C(N/N=C/c1ccc2c(c1)OCO2)c1ccc(CN2CCN(Cc3ccccc3)CC2)cc1. The number of hydrogen-bond donors (Lipinski definition) is 1. The van der Waals surface area contributed by atoms with Crippen LogP contribution in [0.1, 0.15) is 27.0 Å². The number of hydrogen-bond acceptors (Lipinski definition) is 6. The topological polar surface area (TPSA) is 66.4 Å². The first kappa shape index (κ1) is 22.1. The first-order chi connectivity index (χ1) is 16.7.